The second-order valence-electron chi connectivity index (χ2n) is 6.32. The zero-order valence-electron chi connectivity index (χ0n) is 15.0. The molecule has 26 heavy (non-hydrogen) atoms. The Morgan fingerprint density at radius 1 is 1.19 bits per heavy atom. The SMILES string of the molecule is COc1cccc(-c2ccc(NC(=O)N3CCCCC3CN)cc2)c1.Cl. The average molecular weight is 376 g/mol. The number of carbonyl (C=O) groups is 1. The quantitative estimate of drug-likeness (QED) is 0.844. The van der Waals surface area contributed by atoms with Crippen molar-refractivity contribution in [2.75, 3.05) is 25.5 Å². The first kappa shape index (κ1) is 20.1. The van der Waals surface area contributed by atoms with E-state index >= 15 is 0 Å². The number of anilines is 1. The number of rotatable bonds is 4. The second kappa shape index (κ2) is 9.46. The highest BCUT2D eigenvalue weighted by atomic mass is 35.5. The van der Waals surface area contributed by atoms with E-state index in [-0.39, 0.29) is 24.5 Å². The number of benzene rings is 2. The van der Waals surface area contributed by atoms with Crippen LogP contribution in [0.4, 0.5) is 10.5 Å². The number of urea groups is 1. The summed E-state index contributed by atoms with van der Waals surface area (Å²) >= 11 is 0. The predicted octanol–water partition coefficient (Wildman–Crippen LogP) is 4.13. The van der Waals surface area contributed by atoms with Crippen molar-refractivity contribution in [2.24, 2.45) is 5.73 Å². The molecule has 140 valence electrons. The van der Waals surface area contributed by atoms with Crippen molar-refractivity contribution in [3.63, 3.8) is 0 Å². The van der Waals surface area contributed by atoms with Crippen molar-refractivity contribution in [1.82, 2.24) is 4.90 Å². The molecule has 3 rings (SSSR count). The van der Waals surface area contributed by atoms with E-state index in [0.29, 0.717) is 6.54 Å². The van der Waals surface area contributed by atoms with E-state index in [1.807, 2.05) is 53.4 Å². The maximum absolute atomic E-state index is 12.5. The minimum atomic E-state index is -0.0655. The van der Waals surface area contributed by atoms with Crippen LogP contribution in [0.25, 0.3) is 11.1 Å². The zero-order chi connectivity index (χ0) is 17.6. The van der Waals surface area contributed by atoms with Gasteiger partial charge in [-0.2, -0.15) is 0 Å². The van der Waals surface area contributed by atoms with Crippen LogP contribution in [-0.2, 0) is 0 Å². The number of hydrogen-bond acceptors (Lipinski definition) is 3. The lowest BCUT2D eigenvalue weighted by atomic mass is 10.0. The van der Waals surface area contributed by atoms with E-state index < -0.39 is 0 Å². The van der Waals surface area contributed by atoms with Crippen LogP contribution in [0.1, 0.15) is 19.3 Å². The molecule has 5 nitrogen and oxygen atoms in total. The third-order valence-corrected chi connectivity index (χ3v) is 4.70. The highest BCUT2D eigenvalue weighted by molar-refractivity contribution is 5.90. The number of likely N-dealkylation sites (tertiary alicyclic amines) is 1. The summed E-state index contributed by atoms with van der Waals surface area (Å²) in [5.74, 6) is 0.827. The highest BCUT2D eigenvalue weighted by Gasteiger charge is 2.25. The topological polar surface area (TPSA) is 67.6 Å². The van der Waals surface area contributed by atoms with Gasteiger partial charge in [0.1, 0.15) is 5.75 Å². The fraction of sp³-hybridized carbons (Fsp3) is 0.350. The predicted molar refractivity (Wildman–Crippen MR) is 108 cm³/mol. The molecule has 2 aromatic carbocycles. The van der Waals surface area contributed by atoms with E-state index in [9.17, 15) is 4.79 Å². The van der Waals surface area contributed by atoms with Gasteiger partial charge in [0.05, 0.1) is 7.11 Å². The number of nitrogens with two attached hydrogens (primary N) is 1. The van der Waals surface area contributed by atoms with E-state index in [1.54, 1.807) is 7.11 Å². The number of nitrogens with one attached hydrogen (secondary N) is 1. The largest absolute Gasteiger partial charge is 0.497 e. The number of hydrogen-bond donors (Lipinski definition) is 2. The molecular formula is C20H26ClN3O2. The van der Waals surface area contributed by atoms with Gasteiger partial charge >= 0.3 is 6.03 Å². The van der Waals surface area contributed by atoms with Crippen molar-refractivity contribution in [1.29, 1.82) is 0 Å². The standard InChI is InChI=1S/C20H25N3O2.ClH/c1-25-19-7-4-5-16(13-19)15-8-10-17(11-9-15)22-20(24)23-12-3-2-6-18(23)14-21;/h4-5,7-11,13,18H,2-3,6,12,14,21H2,1H3,(H,22,24);1H. The lowest BCUT2D eigenvalue weighted by molar-refractivity contribution is 0.166. The molecule has 1 fully saturated rings. The number of methoxy groups -OCH3 is 1. The van der Waals surface area contributed by atoms with Crippen LogP contribution in [0, 0.1) is 0 Å². The van der Waals surface area contributed by atoms with Gasteiger partial charge in [-0.25, -0.2) is 4.79 Å². The molecule has 0 saturated carbocycles. The Morgan fingerprint density at radius 2 is 1.96 bits per heavy atom. The third kappa shape index (κ3) is 4.68. The maximum atomic E-state index is 12.5. The van der Waals surface area contributed by atoms with Crippen molar-refractivity contribution in [3.05, 3.63) is 48.5 Å². The molecule has 6 heteroatoms. The van der Waals surface area contributed by atoms with E-state index in [0.717, 1.165) is 48.4 Å². The van der Waals surface area contributed by atoms with Crippen molar-refractivity contribution >= 4 is 24.1 Å². The molecule has 1 aliphatic rings. The molecule has 1 atom stereocenters. The molecular weight excluding hydrogens is 350 g/mol. The second-order valence-corrected chi connectivity index (χ2v) is 6.32. The molecule has 0 spiro atoms. The summed E-state index contributed by atoms with van der Waals surface area (Å²) in [6.07, 6.45) is 3.16. The molecule has 1 unspecified atom stereocenters. The molecule has 0 aromatic heterocycles. The van der Waals surface area contributed by atoms with Crippen LogP contribution in [0.2, 0.25) is 0 Å². The van der Waals surface area contributed by atoms with Gasteiger partial charge in [0.25, 0.3) is 0 Å². The minimum Gasteiger partial charge on any atom is -0.497 e. The van der Waals surface area contributed by atoms with Crippen LogP contribution in [0.3, 0.4) is 0 Å². The highest BCUT2D eigenvalue weighted by Crippen LogP contribution is 2.25. The normalized spacial score (nSPS) is 16.5. The summed E-state index contributed by atoms with van der Waals surface area (Å²) in [5, 5.41) is 2.98. The average Bonchev–Trinajstić information content (AvgIpc) is 2.68. The number of amides is 2. The Morgan fingerprint density at radius 3 is 2.65 bits per heavy atom. The first-order valence-corrected chi connectivity index (χ1v) is 8.73. The summed E-state index contributed by atoms with van der Waals surface area (Å²) in [6.45, 7) is 1.29. The van der Waals surface area contributed by atoms with Crippen molar-refractivity contribution < 1.29 is 9.53 Å². The van der Waals surface area contributed by atoms with Gasteiger partial charge in [0.15, 0.2) is 0 Å². The number of carbonyl (C=O) groups excluding carboxylic acids is 1. The van der Waals surface area contributed by atoms with E-state index in [2.05, 4.69) is 5.32 Å². The van der Waals surface area contributed by atoms with Crippen LogP contribution in [0.5, 0.6) is 5.75 Å². The molecule has 0 bridgehead atoms. The number of ether oxygens (including phenoxy) is 1. The van der Waals surface area contributed by atoms with Crippen LogP contribution in [-0.4, -0.2) is 37.2 Å². The number of piperidine rings is 1. The van der Waals surface area contributed by atoms with Gasteiger partial charge in [0, 0.05) is 24.8 Å². The fourth-order valence-corrected chi connectivity index (χ4v) is 3.26. The number of nitrogens with zero attached hydrogens (tertiary/aromatic N) is 1. The first-order chi connectivity index (χ1) is 12.2. The number of halogens is 1. The monoisotopic (exact) mass is 375 g/mol. The molecule has 0 aliphatic carbocycles. The Hall–Kier alpha value is -2.24. The molecule has 0 radical (unpaired) electrons. The van der Waals surface area contributed by atoms with Crippen LogP contribution < -0.4 is 15.8 Å². The first-order valence-electron chi connectivity index (χ1n) is 8.73. The van der Waals surface area contributed by atoms with Gasteiger partial charge in [-0.05, 0) is 54.7 Å². The Balaban J connectivity index is 0.00000243. The summed E-state index contributed by atoms with van der Waals surface area (Å²) in [6, 6.07) is 15.8. The zero-order valence-corrected chi connectivity index (χ0v) is 15.8. The van der Waals surface area contributed by atoms with E-state index in [1.165, 1.54) is 0 Å². The molecule has 1 saturated heterocycles. The van der Waals surface area contributed by atoms with Crippen LogP contribution >= 0.6 is 12.4 Å². The fourth-order valence-electron chi connectivity index (χ4n) is 3.26. The van der Waals surface area contributed by atoms with Crippen molar-refractivity contribution in [3.8, 4) is 16.9 Å². The summed E-state index contributed by atoms with van der Waals surface area (Å²) in [4.78, 5) is 14.4. The molecule has 3 N–H and O–H groups in total. The molecule has 2 aromatic rings. The summed E-state index contributed by atoms with van der Waals surface area (Å²) in [5.41, 5.74) is 8.75. The van der Waals surface area contributed by atoms with Crippen LogP contribution in [0.15, 0.2) is 48.5 Å². The van der Waals surface area contributed by atoms with Gasteiger partial charge in [-0.3, -0.25) is 0 Å². The summed E-state index contributed by atoms with van der Waals surface area (Å²) in [7, 11) is 1.66. The van der Waals surface area contributed by atoms with Gasteiger partial charge in [-0.15, -0.1) is 12.4 Å². The molecule has 2 amide bonds. The summed E-state index contributed by atoms with van der Waals surface area (Å²) < 4.78 is 5.27. The molecule has 1 aliphatic heterocycles. The smallest absolute Gasteiger partial charge is 0.322 e. The third-order valence-electron chi connectivity index (χ3n) is 4.70. The van der Waals surface area contributed by atoms with Gasteiger partial charge in [0.2, 0.25) is 0 Å². The van der Waals surface area contributed by atoms with Gasteiger partial charge < -0.3 is 20.7 Å². The van der Waals surface area contributed by atoms with E-state index in [4.69, 9.17) is 10.5 Å². The van der Waals surface area contributed by atoms with Crippen molar-refractivity contribution in [2.45, 2.75) is 25.3 Å². The Kier molecular flexibility index (Phi) is 7.30. The molecule has 1 heterocycles. The Bertz CT molecular complexity index is 721. The minimum absolute atomic E-state index is 0. The maximum Gasteiger partial charge on any atom is 0.322 e. The van der Waals surface area contributed by atoms with Gasteiger partial charge in [-0.1, -0.05) is 24.3 Å². The lowest BCUT2D eigenvalue weighted by Crippen LogP contribution is -2.49. The lowest BCUT2D eigenvalue weighted by Gasteiger charge is -2.34. The Labute approximate surface area is 160 Å².